The molecule has 28 heavy (non-hydrogen) atoms. The molecule has 2 aliphatic rings. The van der Waals surface area contributed by atoms with Gasteiger partial charge in [0.1, 0.15) is 29.5 Å². The van der Waals surface area contributed by atoms with Crippen molar-refractivity contribution >= 4 is 29.3 Å². The maximum Gasteiger partial charge on any atom is 0.255 e. The number of piperidine rings is 1. The zero-order valence-electron chi connectivity index (χ0n) is 16.5. The molecule has 2 aliphatic heterocycles. The fourth-order valence-corrected chi connectivity index (χ4v) is 4.75. The number of anilines is 2. The van der Waals surface area contributed by atoms with E-state index >= 15 is 0 Å². The normalized spacial score (nSPS) is 18.4. The Morgan fingerprint density at radius 3 is 2.32 bits per heavy atom. The summed E-state index contributed by atoms with van der Waals surface area (Å²) in [7, 11) is 0. The lowest BCUT2D eigenvalue weighted by atomic mass is 10.0. The molecule has 150 valence electrons. The quantitative estimate of drug-likeness (QED) is 0.844. The fourth-order valence-electron chi connectivity index (χ4n) is 3.85. The number of nitrogens with zero attached hydrogens (tertiary/aromatic N) is 4. The topological polar surface area (TPSA) is 74.5 Å². The summed E-state index contributed by atoms with van der Waals surface area (Å²) in [4.78, 5) is 26.1. The number of hydrogen-bond acceptors (Lipinski definition) is 7. The predicted octanol–water partition coefficient (Wildman–Crippen LogP) is 2.64. The minimum absolute atomic E-state index is 0.0416. The number of nitrogens with one attached hydrogen (secondary N) is 1. The number of aromatic nitrogens is 2. The van der Waals surface area contributed by atoms with Crippen molar-refractivity contribution in [3.05, 3.63) is 35.5 Å². The van der Waals surface area contributed by atoms with Gasteiger partial charge in [0.2, 0.25) is 0 Å². The van der Waals surface area contributed by atoms with Gasteiger partial charge in [0, 0.05) is 49.8 Å². The highest BCUT2D eigenvalue weighted by Gasteiger charge is 2.24. The van der Waals surface area contributed by atoms with Crippen LogP contribution in [-0.2, 0) is 0 Å². The largest absolute Gasteiger partial charge is 0.466 e. The Hall–Kier alpha value is -2.22. The highest BCUT2D eigenvalue weighted by Crippen LogP contribution is 2.23. The minimum Gasteiger partial charge on any atom is -0.466 e. The molecule has 1 amide bonds. The number of aryl methyl sites for hydroxylation is 2. The highest BCUT2D eigenvalue weighted by atomic mass is 32.2. The van der Waals surface area contributed by atoms with Crippen LogP contribution >= 0.6 is 11.8 Å². The second-order valence-electron chi connectivity index (χ2n) is 7.40. The summed E-state index contributed by atoms with van der Waals surface area (Å²) in [5, 5.41) is 3.16. The average Bonchev–Trinajstić information content (AvgIpc) is 3.07. The summed E-state index contributed by atoms with van der Waals surface area (Å²) in [6.45, 7) is 7.53. The lowest BCUT2D eigenvalue weighted by Crippen LogP contribution is -2.45. The van der Waals surface area contributed by atoms with Crippen molar-refractivity contribution in [3.8, 4) is 0 Å². The second kappa shape index (κ2) is 8.43. The van der Waals surface area contributed by atoms with Gasteiger partial charge < -0.3 is 19.5 Å². The number of thioether (sulfide) groups is 1. The van der Waals surface area contributed by atoms with Crippen molar-refractivity contribution in [1.29, 1.82) is 0 Å². The predicted molar refractivity (Wildman–Crippen MR) is 112 cm³/mol. The number of rotatable bonds is 4. The molecule has 0 spiro atoms. The smallest absolute Gasteiger partial charge is 0.255 e. The standard InChI is InChI=1S/C20H27N5O2S/c1-14-11-17(15(2)27-14)20(26)23-16-3-5-24(6-4-16)18-12-19(22-13-21-18)25-7-9-28-10-8-25/h11-13,16H,3-10H2,1-2H3,(H,23,26). The first-order valence-electron chi connectivity index (χ1n) is 9.88. The van der Waals surface area contributed by atoms with Gasteiger partial charge in [0.05, 0.1) is 5.56 Å². The van der Waals surface area contributed by atoms with Gasteiger partial charge in [-0.2, -0.15) is 11.8 Å². The van der Waals surface area contributed by atoms with E-state index in [2.05, 4.69) is 31.2 Å². The van der Waals surface area contributed by atoms with Crippen molar-refractivity contribution in [2.45, 2.75) is 32.7 Å². The third kappa shape index (κ3) is 4.27. The summed E-state index contributed by atoms with van der Waals surface area (Å²) >= 11 is 2.00. The molecule has 0 aliphatic carbocycles. The molecule has 4 heterocycles. The van der Waals surface area contributed by atoms with Crippen molar-refractivity contribution < 1.29 is 9.21 Å². The van der Waals surface area contributed by atoms with E-state index in [1.165, 1.54) is 0 Å². The van der Waals surface area contributed by atoms with E-state index in [1.54, 1.807) is 12.4 Å². The Balaban J connectivity index is 1.34. The summed E-state index contributed by atoms with van der Waals surface area (Å²) in [6, 6.07) is 4.09. The van der Waals surface area contributed by atoms with Crippen LogP contribution < -0.4 is 15.1 Å². The van der Waals surface area contributed by atoms with Gasteiger partial charge in [-0.3, -0.25) is 4.79 Å². The molecule has 0 bridgehead atoms. The van der Waals surface area contributed by atoms with E-state index in [1.807, 2.05) is 25.6 Å². The molecule has 2 aromatic rings. The maximum atomic E-state index is 12.5. The first-order chi connectivity index (χ1) is 13.6. The molecule has 4 rings (SSSR count). The minimum atomic E-state index is -0.0416. The Morgan fingerprint density at radius 2 is 1.71 bits per heavy atom. The van der Waals surface area contributed by atoms with Crippen LogP contribution in [0.1, 0.15) is 34.7 Å². The molecule has 1 N–H and O–H groups in total. The monoisotopic (exact) mass is 401 g/mol. The molecule has 8 heteroatoms. The van der Waals surface area contributed by atoms with E-state index < -0.39 is 0 Å². The Bertz CT molecular complexity index is 826. The molecule has 0 atom stereocenters. The van der Waals surface area contributed by atoms with Crippen LogP contribution in [0.2, 0.25) is 0 Å². The highest BCUT2D eigenvalue weighted by molar-refractivity contribution is 7.99. The summed E-state index contributed by atoms with van der Waals surface area (Å²) in [6.07, 6.45) is 3.48. The number of carbonyl (C=O) groups excluding carboxylic acids is 1. The summed E-state index contributed by atoms with van der Waals surface area (Å²) < 4.78 is 5.47. The number of furan rings is 1. The van der Waals surface area contributed by atoms with Crippen LogP contribution in [0.3, 0.4) is 0 Å². The third-order valence-electron chi connectivity index (χ3n) is 5.41. The Labute approximate surface area is 169 Å². The number of hydrogen-bond donors (Lipinski definition) is 1. The van der Waals surface area contributed by atoms with Crippen molar-refractivity contribution in [2.75, 3.05) is 47.5 Å². The van der Waals surface area contributed by atoms with E-state index in [0.29, 0.717) is 11.3 Å². The zero-order valence-corrected chi connectivity index (χ0v) is 17.3. The van der Waals surface area contributed by atoms with Crippen molar-refractivity contribution in [2.24, 2.45) is 0 Å². The molecule has 7 nitrogen and oxygen atoms in total. The molecule has 0 aromatic carbocycles. The fraction of sp³-hybridized carbons (Fsp3) is 0.550. The van der Waals surface area contributed by atoms with Gasteiger partial charge in [-0.1, -0.05) is 0 Å². The summed E-state index contributed by atoms with van der Waals surface area (Å²) in [5.74, 6) is 5.71. The van der Waals surface area contributed by atoms with Crippen LogP contribution in [-0.4, -0.2) is 59.6 Å². The van der Waals surface area contributed by atoms with Gasteiger partial charge in [-0.25, -0.2) is 9.97 Å². The van der Waals surface area contributed by atoms with E-state index in [0.717, 1.165) is 67.9 Å². The Morgan fingerprint density at radius 1 is 1.07 bits per heavy atom. The van der Waals surface area contributed by atoms with Crippen molar-refractivity contribution in [1.82, 2.24) is 15.3 Å². The zero-order chi connectivity index (χ0) is 19.5. The second-order valence-corrected chi connectivity index (χ2v) is 8.62. The first kappa shape index (κ1) is 19.1. The van der Waals surface area contributed by atoms with E-state index in [4.69, 9.17) is 4.42 Å². The SMILES string of the molecule is Cc1cc(C(=O)NC2CCN(c3cc(N4CCSCC4)ncn3)CC2)c(C)o1. The number of carbonyl (C=O) groups is 1. The third-order valence-corrected chi connectivity index (χ3v) is 6.36. The van der Waals surface area contributed by atoms with Gasteiger partial charge in [-0.05, 0) is 32.8 Å². The van der Waals surface area contributed by atoms with E-state index in [9.17, 15) is 4.79 Å². The van der Waals surface area contributed by atoms with Gasteiger partial charge in [0.25, 0.3) is 5.91 Å². The molecular weight excluding hydrogens is 374 g/mol. The lowest BCUT2D eigenvalue weighted by molar-refractivity contribution is 0.0929. The molecule has 0 unspecified atom stereocenters. The molecule has 2 fully saturated rings. The number of amides is 1. The van der Waals surface area contributed by atoms with Crippen LogP contribution in [0.15, 0.2) is 22.9 Å². The van der Waals surface area contributed by atoms with Gasteiger partial charge >= 0.3 is 0 Å². The lowest BCUT2D eigenvalue weighted by Gasteiger charge is -2.34. The molecular formula is C20H27N5O2S. The molecule has 0 saturated carbocycles. The summed E-state index contributed by atoms with van der Waals surface area (Å²) in [5.41, 5.74) is 0.639. The van der Waals surface area contributed by atoms with Crippen LogP contribution in [0, 0.1) is 13.8 Å². The molecule has 0 radical (unpaired) electrons. The van der Waals surface area contributed by atoms with Gasteiger partial charge in [-0.15, -0.1) is 0 Å². The molecule has 2 saturated heterocycles. The Kier molecular flexibility index (Phi) is 5.75. The molecule has 2 aromatic heterocycles. The van der Waals surface area contributed by atoms with Crippen LogP contribution in [0.5, 0.6) is 0 Å². The van der Waals surface area contributed by atoms with Gasteiger partial charge in [0.15, 0.2) is 0 Å². The average molecular weight is 402 g/mol. The van der Waals surface area contributed by atoms with E-state index in [-0.39, 0.29) is 11.9 Å². The van der Waals surface area contributed by atoms with Crippen molar-refractivity contribution in [3.63, 3.8) is 0 Å². The van der Waals surface area contributed by atoms with Crippen LogP contribution in [0.25, 0.3) is 0 Å². The maximum absolute atomic E-state index is 12.5. The van der Waals surface area contributed by atoms with Crippen LogP contribution in [0.4, 0.5) is 11.6 Å². The first-order valence-corrected chi connectivity index (χ1v) is 11.0.